The zero-order chi connectivity index (χ0) is 20.5. The standard InChI is InChI=1S/C17H15F3N4O4/c1-8-10-4-3-9(27-2)7-12(10)28-14(26)11(8)5-6-13(25)21-16-22-15(23-24-16)17(18,19)20/h3-4,7H,5-6H2,1-2H3,(H2,21,22,23,24,25). The first-order valence-electron chi connectivity index (χ1n) is 8.09. The Bertz CT molecular complexity index is 1090. The molecule has 28 heavy (non-hydrogen) atoms. The number of alkyl halides is 3. The fourth-order valence-electron chi connectivity index (χ4n) is 2.66. The number of benzene rings is 1. The lowest BCUT2D eigenvalue weighted by Gasteiger charge is -2.08. The minimum atomic E-state index is -4.69. The third kappa shape index (κ3) is 3.97. The lowest BCUT2D eigenvalue weighted by molar-refractivity contribution is -0.144. The largest absolute Gasteiger partial charge is 0.497 e. The number of H-pyrrole nitrogens is 1. The van der Waals surface area contributed by atoms with Gasteiger partial charge in [-0.2, -0.15) is 18.2 Å². The molecule has 2 aromatic heterocycles. The summed E-state index contributed by atoms with van der Waals surface area (Å²) in [6.07, 6.45) is -4.82. The smallest absolute Gasteiger partial charge is 0.451 e. The second-order valence-corrected chi connectivity index (χ2v) is 5.91. The van der Waals surface area contributed by atoms with Gasteiger partial charge < -0.3 is 9.15 Å². The highest BCUT2D eigenvalue weighted by molar-refractivity contribution is 5.89. The van der Waals surface area contributed by atoms with Crippen LogP contribution in [0.25, 0.3) is 11.0 Å². The molecule has 0 spiro atoms. The molecule has 1 amide bonds. The average molecular weight is 396 g/mol. The van der Waals surface area contributed by atoms with Gasteiger partial charge in [0.15, 0.2) is 0 Å². The highest BCUT2D eigenvalue weighted by atomic mass is 19.4. The quantitative estimate of drug-likeness (QED) is 0.642. The number of ether oxygens (including phenoxy) is 1. The normalized spacial score (nSPS) is 11.6. The molecule has 0 radical (unpaired) electrons. The van der Waals surface area contributed by atoms with Gasteiger partial charge in [-0.3, -0.25) is 15.2 Å². The number of carbonyl (C=O) groups is 1. The van der Waals surface area contributed by atoms with Gasteiger partial charge in [0.05, 0.1) is 7.11 Å². The predicted octanol–water partition coefficient (Wildman–Crippen LogP) is 2.82. The second-order valence-electron chi connectivity index (χ2n) is 5.91. The fourth-order valence-corrected chi connectivity index (χ4v) is 2.66. The highest BCUT2D eigenvalue weighted by Crippen LogP contribution is 2.26. The Morgan fingerprint density at radius 3 is 2.75 bits per heavy atom. The molecule has 8 nitrogen and oxygen atoms in total. The number of nitrogens with one attached hydrogen (secondary N) is 2. The molecule has 0 aliphatic carbocycles. The summed E-state index contributed by atoms with van der Waals surface area (Å²) in [6, 6.07) is 5.04. The molecule has 2 N–H and O–H groups in total. The summed E-state index contributed by atoms with van der Waals surface area (Å²) in [6.45, 7) is 1.73. The minimum absolute atomic E-state index is 0.0402. The first-order chi connectivity index (χ1) is 13.2. The Kier molecular flexibility index (Phi) is 5.08. The lowest BCUT2D eigenvalue weighted by atomic mass is 10.0. The molecule has 148 valence electrons. The zero-order valence-electron chi connectivity index (χ0n) is 14.8. The summed E-state index contributed by atoms with van der Waals surface area (Å²) in [4.78, 5) is 27.4. The zero-order valence-corrected chi connectivity index (χ0v) is 14.8. The molecule has 11 heteroatoms. The molecule has 0 saturated heterocycles. The van der Waals surface area contributed by atoms with Gasteiger partial charge in [-0.25, -0.2) is 4.79 Å². The van der Waals surface area contributed by atoms with Crippen molar-refractivity contribution in [1.82, 2.24) is 15.2 Å². The predicted molar refractivity (Wildman–Crippen MR) is 92.1 cm³/mol. The first-order valence-corrected chi connectivity index (χ1v) is 8.09. The van der Waals surface area contributed by atoms with Crippen LogP contribution in [-0.4, -0.2) is 28.2 Å². The van der Waals surface area contributed by atoms with E-state index < -0.39 is 29.5 Å². The number of nitrogens with zero attached hydrogens (tertiary/aromatic N) is 2. The number of anilines is 1. The van der Waals surface area contributed by atoms with E-state index in [0.717, 1.165) is 0 Å². The van der Waals surface area contributed by atoms with Gasteiger partial charge >= 0.3 is 11.8 Å². The van der Waals surface area contributed by atoms with E-state index in [9.17, 15) is 22.8 Å². The van der Waals surface area contributed by atoms with Crippen molar-refractivity contribution in [1.29, 1.82) is 0 Å². The Morgan fingerprint density at radius 2 is 2.11 bits per heavy atom. The van der Waals surface area contributed by atoms with E-state index >= 15 is 0 Å². The summed E-state index contributed by atoms with van der Waals surface area (Å²) in [5, 5.41) is 7.83. The molecule has 0 unspecified atom stereocenters. The molecule has 0 atom stereocenters. The molecular weight excluding hydrogens is 381 g/mol. The molecule has 0 aliphatic heterocycles. The molecule has 0 fully saturated rings. The number of carbonyl (C=O) groups excluding carboxylic acids is 1. The van der Waals surface area contributed by atoms with E-state index in [-0.39, 0.29) is 12.8 Å². The third-order valence-electron chi connectivity index (χ3n) is 4.10. The Hall–Kier alpha value is -3.37. The van der Waals surface area contributed by atoms with Crippen LogP contribution in [0.5, 0.6) is 5.75 Å². The SMILES string of the molecule is COc1ccc2c(C)c(CCC(=O)Nc3n[nH]c(C(F)(F)F)n3)c(=O)oc2c1. The molecular formula is C17H15F3N4O4. The van der Waals surface area contributed by atoms with Gasteiger partial charge in [0.1, 0.15) is 11.3 Å². The number of methoxy groups -OCH3 is 1. The van der Waals surface area contributed by atoms with E-state index in [2.05, 4.69) is 15.4 Å². The van der Waals surface area contributed by atoms with E-state index in [4.69, 9.17) is 9.15 Å². The van der Waals surface area contributed by atoms with Crippen molar-refractivity contribution >= 4 is 22.8 Å². The maximum atomic E-state index is 12.5. The van der Waals surface area contributed by atoms with E-state index in [0.29, 0.717) is 27.8 Å². The van der Waals surface area contributed by atoms with Crippen LogP contribution < -0.4 is 15.7 Å². The number of hydrogen-bond donors (Lipinski definition) is 2. The maximum absolute atomic E-state index is 12.5. The molecule has 2 heterocycles. The summed E-state index contributed by atoms with van der Waals surface area (Å²) >= 11 is 0. The number of aryl methyl sites for hydroxylation is 1. The van der Waals surface area contributed by atoms with Gasteiger partial charge in [0.25, 0.3) is 0 Å². The van der Waals surface area contributed by atoms with Crippen LogP contribution in [0.4, 0.5) is 19.1 Å². The topological polar surface area (TPSA) is 110 Å². The lowest BCUT2D eigenvalue weighted by Crippen LogP contribution is -2.17. The Morgan fingerprint density at radius 1 is 1.36 bits per heavy atom. The second kappa shape index (κ2) is 7.33. The summed E-state index contributed by atoms with van der Waals surface area (Å²) in [7, 11) is 1.49. The van der Waals surface area contributed by atoms with Crippen LogP contribution in [0.2, 0.25) is 0 Å². The number of amides is 1. The Labute approximate surface area is 155 Å². The van der Waals surface area contributed by atoms with Gasteiger partial charge in [0.2, 0.25) is 17.7 Å². The van der Waals surface area contributed by atoms with Crippen LogP contribution in [-0.2, 0) is 17.4 Å². The number of halogens is 3. The van der Waals surface area contributed by atoms with Crippen LogP contribution in [0.1, 0.15) is 23.4 Å². The van der Waals surface area contributed by atoms with Crippen LogP contribution in [0.15, 0.2) is 27.4 Å². The van der Waals surface area contributed by atoms with Crippen LogP contribution in [0.3, 0.4) is 0 Å². The fraction of sp³-hybridized carbons (Fsp3) is 0.294. The molecule has 0 bridgehead atoms. The van der Waals surface area contributed by atoms with E-state index in [1.54, 1.807) is 30.2 Å². The number of aromatic nitrogens is 3. The highest BCUT2D eigenvalue weighted by Gasteiger charge is 2.35. The van der Waals surface area contributed by atoms with Crippen molar-refractivity contribution < 1.29 is 27.1 Å². The monoisotopic (exact) mass is 396 g/mol. The number of fused-ring (bicyclic) bond motifs is 1. The van der Waals surface area contributed by atoms with E-state index in [1.807, 2.05) is 0 Å². The first kappa shape index (κ1) is 19.4. The molecule has 0 aliphatic rings. The molecule has 0 saturated carbocycles. The van der Waals surface area contributed by atoms with Crippen molar-refractivity contribution in [3.63, 3.8) is 0 Å². The Balaban J connectivity index is 1.73. The van der Waals surface area contributed by atoms with Crippen LogP contribution >= 0.6 is 0 Å². The molecule has 3 aromatic rings. The third-order valence-corrected chi connectivity index (χ3v) is 4.10. The van der Waals surface area contributed by atoms with Gasteiger partial charge in [-0.15, -0.1) is 5.10 Å². The van der Waals surface area contributed by atoms with Crippen molar-refractivity contribution in [2.45, 2.75) is 25.9 Å². The van der Waals surface area contributed by atoms with Gasteiger partial charge in [-0.05, 0) is 31.0 Å². The van der Waals surface area contributed by atoms with Crippen molar-refractivity contribution in [3.8, 4) is 5.75 Å². The van der Waals surface area contributed by atoms with Crippen molar-refractivity contribution in [2.75, 3.05) is 12.4 Å². The number of aromatic amines is 1. The maximum Gasteiger partial charge on any atom is 0.451 e. The van der Waals surface area contributed by atoms with E-state index in [1.165, 1.54) is 7.11 Å². The van der Waals surface area contributed by atoms with Gasteiger partial charge in [-0.1, -0.05) is 0 Å². The molecule has 1 aromatic carbocycles. The number of hydrogen-bond acceptors (Lipinski definition) is 6. The minimum Gasteiger partial charge on any atom is -0.497 e. The van der Waals surface area contributed by atoms with Crippen molar-refractivity contribution in [3.05, 3.63) is 45.6 Å². The summed E-state index contributed by atoms with van der Waals surface area (Å²) in [5.41, 5.74) is 0.719. The van der Waals surface area contributed by atoms with Crippen LogP contribution in [0, 0.1) is 6.92 Å². The summed E-state index contributed by atoms with van der Waals surface area (Å²) < 4.78 is 47.8. The average Bonchev–Trinajstić information content (AvgIpc) is 3.09. The number of rotatable bonds is 5. The van der Waals surface area contributed by atoms with Gasteiger partial charge in [0, 0.05) is 23.4 Å². The molecule has 3 rings (SSSR count). The summed E-state index contributed by atoms with van der Waals surface area (Å²) in [5.74, 6) is -1.91. The van der Waals surface area contributed by atoms with Crippen molar-refractivity contribution in [2.24, 2.45) is 0 Å².